The molecule has 0 bridgehead atoms. The van der Waals surface area contributed by atoms with E-state index in [4.69, 9.17) is 5.26 Å². The number of carbonyl (C=O) groups is 1. The molecule has 0 aliphatic carbocycles. The quantitative estimate of drug-likeness (QED) is 0.616. The zero-order chi connectivity index (χ0) is 8.97. The summed E-state index contributed by atoms with van der Waals surface area (Å²) in [5.41, 5.74) is 0.407. The van der Waals surface area contributed by atoms with Gasteiger partial charge < -0.3 is 5.32 Å². The zero-order valence-corrected chi connectivity index (χ0v) is 7.02. The molecule has 0 spiro atoms. The van der Waals surface area contributed by atoms with Crippen LogP contribution in [0.15, 0.2) is 35.4 Å². The lowest BCUT2D eigenvalue weighted by atomic mass is 10.3. The molecule has 0 saturated carbocycles. The largest absolute Gasteiger partial charge is 0.322 e. The molecule has 0 aromatic rings. The van der Waals surface area contributed by atoms with Crippen LogP contribution in [0.1, 0.15) is 0 Å². The molecule has 0 aromatic carbocycles. The normalized spacial score (nSPS) is 24.1. The van der Waals surface area contributed by atoms with Gasteiger partial charge in [-0.05, 0) is 23.9 Å². The molecule has 4 heteroatoms. The Balaban J connectivity index is 2.89. The standard InChI is InChI=1S/C8H6N2OS/c1-6-2-3-7(4-9)5-10-8(11)12-6/h2-3,5H,1H2,(H,10,11)/b3-2-,7-5+. The maximum absolute atomic E-state index is 10.9. The lowest BCUT2D eigenvalue weighted by Gasteiger charge is -2.02. The summed E-state index contributed by atoms with van der Waals surface area (Å²) in [5, 5.41) is 10.7. The van der Waals surface area contributed by atoms with E-state index in [2.05, 4.69) is 11.9 Å². The summed E-state index contributed by atoms with van der Waals surface area (Å²) in [6.45, 7) is 3.61. The average molecular weight is 178 g/mol. The van der Waals surface area contributed by atoms with Crippen LogP contribution in [0.25, 0.3) is 0 Å². The fraction of sp³-hybridized carbons (Fsp3) is 0. The van der Waals surface area contributed by atoms with Crippen LogP contribution in [0, 0.1) is 11.3 Å². The van der Waals surface area contributed by atoms with Crippen molar-refractivity contribution in [3.05, 3.63) is 35.4 Å². The van der Waals surface area contributed by atoms with Crippen molar-refractivity contribution in [1.82, 2.24) is 5.32 Å². The zero-order valence-electron chi connectivity index (χ0n) is 6.20. The Labute approximate surface area is 74.4 Å². The lowest BCUT2D eigenvalue weighted by molar-refractivity contribution is 0.263. The number of nitriles is 1. The SMILES string of the molecule is C=C1/C=C\C(C#N)=C/NC(=O)S1. The average Bonchev–Trinajstić information content (AvgIpc) is 2.02. The third-order valence-corrected chi connectivity index (χ3v) is 1.85. The molecule has 60 valence electrons. The first kappa shape index (κ1) is 8.62. The van der Waals surface area contributed by atoms with Crippen molar-refractivity contribution >= 4 is 17.0 Å². The second-order valence-electron chi connectivity index (χ2n) is 2.04. The number of hydrogen-bond donors (Lipinski definition) is 1. The molecule has 1 aliphatic heterocycles. The van der Waals surface area contributed by atoms with Gasteiger partial charge in [0.15, 0.2) is 0 Å². The van der Waals surface area contributed by atoms with Crippen LogP contribution in [0.5, 0.6) is 0 Å². The fourth-order valence-corrected chi connectivity index (χ4v) is 1.11. The fourth-order valence-electron chi connectivity index (χ4n) is 0.620. The van der Waals surface area contributed by atoms with E-state index in [0.29, 0.717) is 10.5 Å². The van der Waals surface area contributed by atoms with Gasteiger partial charge >= 0.3 is 0 Å². The van der Waals surface area contributed by atoms with Gasteiger partial charge in [0.1, 0.15) is 6.07 Å². The van der Waals surface area contributed by atoms with Gasteiger partial charge in [0.05, 0.1) is 5.57 Å². The van der Waals surface area contributed by atoms with Crippen molar-refractivity contribution in [2.24, 2.45) is 0 Å². The highest BCUT2D eigenvalue weighted by atomic mass is 32.2. The Hall–Kier alpha value is -1.47. The summed E-state index contributed by atoms with van der Waals surface area (Å²) < 4.78 is 0. The van der Waals surface area contributed by atoms with Crippen LogP contribution in [0.3, 0.4) is 0 Å². The van der Waals surface area contributed by atoms with Gasteiger partial charge in [0.25, 0.3) is 5.24 Å². The second-order valence-corrected chi connectivity index (χ2v) is 3.14. The van der Waals surface area contributed by atoms with Gasteiger partial charge in [-0.2, -0.15) is 5.26 Å². The van der Waals surface area contributed by atoms with E-state index >= 15 is 0 Å². The van der Waals surface area contributed by atoms with Crippen molar-refractivity contribution in [2.45, 2.75) is 0 Å². The topological polar surface area (TPSA) is 52.9 Å². The van der Waals surface area contributed by atoms with E-state index in [1.807, 2.05) is 6.07 Å². The molecule has 0 fully saturated rings. The van der Waals surface area contributed by atoms with Crippen molar-refractivity contribution < 1.29 is 4.79 Å². The van der Waals surface area contributed by atoms with Crippen molar-refractivity contribution in [1.29, 1.82) is 5.26 Å². The molecule has 1 N–H and O–H groups in total. The van der Waals surface area contributed by atoms with Crippen molar-refractivity contribution in [2.75, 3.05) is 0 Å². The molecule has 0 unspecified atom stereocenters. The Kier molecular flexibility index (Phi) is 2.72. The molecule has 0 atom stereocenters. The summed E-state index contributed by atoms with van der Waals surface area (Å²) >= 11 is 1.00. The summed E-state index contributed by atoms with van der Waals surface area (Å²) in [6, 6.07) is 1.92. The highest BCUT2D eigenvalue weighted by Crippen LogP contribution is 2.17. The number of carbonyl (C=O) groups excluding carboxylic acids is 1. The second kappa shape index (κ2) is 3.79. The van der Waals surface area contributed by atoms with E-state index in [1.54, 1.807) is 12.2 Å². The van der Waals surface area contributed by atoms with Crippen molar-refractivity contribution in [3.63, 3.8) is 0 Å². The number of nitrogens with one attached hydrogen (secondary N) is 1. The molecule has 1 aliphatic rings. The van der Waals surface area contributed by atoms with Gasteiger partial charge in [-0.15, -0.1) is 0 Å². The van der Waals surface area contributed by atoms with Crippen LogP contribution in [0.4, 0.5) is 4.79 Å². The van der Waals surface area contributed by atoms with Crippen LogP contribution < -0.4 is 5.32 Å². The first-order valence-electron chi connectivity index (χ1n) is 3.18. The summed E-state index contributed by atoms with van der Waals surface area (Å²) in [7, 11) is 0. The Morgan fingerprint density at radius 3 is 3.00 bits per heavy atom. The van der Waals surface area contributed by atoms with E-state index in [-0.39, 0.29) is 5.24 Å². The monoisotopic (exact) mass is 178 g/mol. The molecule has 1 amide bonds. The summed E-state index contributed by atoms with van der Waals surface area (Å²) in [5.74, 6) is 0. The minimum absolute atomic E-state index is 0.225. The lowest BCUT2D eigenvalue weighted by Crippen LogP contribution is -2.12. The minimum Gasteiger partial charge on any atom is -0.322 e. The third-order valence-electron chi connectivity index (χ3n) is 1.15. The predicted octanol–water partition coefficient (Wildman–Crippen LogP) is 1.92. The number of amides is 1. The van der Waals surface area contributed by atoms with E-state index < -0.39 is 0 Å². The minimum atomic E-state index is -0.225. The Bertz CT molecular complexity index is 322. The molecule has 3 nitrogen and oxygen atoms in total. The molecule has 1 heterocycles. The number of hydrogen-bond acceptors (Lipinski definition) is 3. The first-order chi connectivity index (χ1) is 5.72. The first-order valence-corrected chi connectivity index (χ1v) is 3.99. The Morgan fingerprint density at radius 2 is 2.33 bits per heavy atom. The summed E-state index contributed by atoms with van der Waals surface area (Å²) in [4.78, 5) is 11.5. The number of rotatable bonds is 0. The van der Waals surface area contributed by atoms with E-state index in [1.165, 1.54) is 6.20 Å². The van der Waals surface area contributed by atoms with Crippen LogP contribution >= 0.6 is 11.8 Å². The third kappa shape index (κ3) is 2.29. The molecule has 0 radical (unpaired) electrons. The van der Waals surface area contributed by atoms with Crippen LogP contribution in [0.2, 0.25) is 0 Å². The van der Waals surface area contributed by atoms with Gasteiger partial charge in [0.2, 0.25) is 0 Å². The molecule has 0 aromatic heterocycles. The predicted molar refractivity (Wildman–Crippen MR) is 48.1 cm³/mol. The molecule has 1 rings (SSSR count). The Morgan fingerprint density at radius 1 is 1.58 bits per heavy atom. The van der Waals surface area contributed by atoms with E-state index in [0.717, 1.165) is 11.8 Å². The molecule has 0 saturated heterocycles. The van der Waals surface area contributed by atoms with Crippen molar-refractivity contribution in [3.8, 4) is 6.07 Å². The smallest absolute Gasteiger partial charge is 0.287 e. The van der Waals surface area contributed by atoms with Gasteiger partial charge in [-0.3, -0.25) is 4.79 Å². The highest BCUT2D eigenvalue weighted by Gasteiger charge is 2.04. The number of allylic oxidation sites excluding steroid dienone is 3. The maximum atomic E-state index is 10.9. The van der Waals surface area contributed by atoms with Gasteiger partial charge in [-0.1, -0.05) is 6.58 Å². The van der Waals surface area contributed by atoms with E-state index in [9.17, 15) is 4.79 Å². The van der Waals surface area contributed by atoms with Crippen LogP contribution in [-0.4, -0.2) is 5.24 Å². The number of thioether (sulfide) groups is 1. The summed E-state index contributed by atoms with van der Waals surface area (Å²) in [6.07, 6.45) is 4.62. The molecule has 12 heavy (non-hydrogen) atoms. The van der Waals surface area contributed by atoms with Crippen LogP contribution in [-0.2, 0) is 0 Å². The number of nitrogens with zero attached hydrogens (tertiary/aromatic N) is 1. The molecular weight excluding hydrogens is 172 g/mol. The highest BCUT2D eigenvalue weighted by molar-refractivity contribution is 8.17. The van der Waals surface area contributed by atoms with Gasteiger partial charge in [0, 0.05) is 11.1 Å². The van der Waals surface area contributed by atoms with Gasteiger partial charge in [-0.25, -0.2) is 0 Å². The maximum Gasteiger partial charge on any atom is 0.287 e. The molecular formula is C8H6N2OS.